The molecule has 0 unspecified atom stereocenters. The third-order valence-corrected chi connectivity index (χ3v) is 4.28. The van der Waals surface area contributed by atoms with Crippen molar-refractivity contribution < 1.29 is 9.21 Å². The van der Waals surface area contributed by atoms with E-state index in [4.69, 9.17) is 4.42 Å². The van der Waals surface area contributed by atoms with Crippen LogP contribution in [0.15, 0.2) is 65.3 Å². The molecule has 140 valence electrons. The number of hydrogen-bond acceptors (Lipinski definition) is 4. The lowest BCUT2D eigenvalue weighted by molar-refractivity contribution is 0.101. The highest BCUT2D eigenvalue weighted by Crippen LogP contribution is 2.23. The number of nitrogens with zero attached hydrogens (tertiary/aromatic N) is 3. The van der Waals surface area contributed by atoms with Gasteiger partial charge in [0.25, 0.3) is 5.91 Å². The number of hydrogen-bond donors (Lipinski definition) is 1. The van der Waals surface area contributed by atoms with Crippen molar-refractivity contribution in [3.8, 4) is 17.3 Å². The minimum atomic E-state index is -0.371. The summed E-state index contributed by atoms with van der Waals surface area (Å²) in [5.41, 5.74) is 4.76. The molecule has 0 saturated heterocycles. The van der Waals surface area contributed by atoms with Gasteiger partial charge in [0.1, 0.15) is 0 Å². The quantitative estimate of drug-likeness (QED) is 0.563. The van der Waals surface area contributed by atoms with Crippen molar-refractivity contribution in [2.45, 2.75) is 20.8 Å². The second kappa shape index (κ2) is 7.15. The zero-order chi connectivity index (χ0) is 19.7. The summed E-state index contributed by atoms with van der Waals surface area (Å²) in [5, 5.41) is 7.33. The van der Waals surface area contributed by atoms with Gasteiger partial charge in [0.05, 0.1) is 12.0 Å². The molecule has 0 fully saturated rings. The van der Waals surface area contributed by atoms with Gasteiger partial charge in [-0.15, -0.1) is 5.10 Å². The number of furan rings is 1. The third-order valence-electron chi connectivity index (χ3n) is 4.28. The molecule has 6 nitrogen and oxygen atoms in total. The number of benzene rings is 2. The van der Waals surface area contributed by atoms with Crippen LogP contribution >= 0.6 is 0 Å². The Bertz CT molecular complexity index is 1120. The zero-order valence-corrected chi connectivity index (χ0v) is 15.9. The SMILES string of the molecule is Cc1cc(C)cc(NC(=O)c2nc(-c3ccco3)n(-c3cccc(C)c3)n2)c1. The number of carbonyl (C=O) groups excluding carboxylic acids is 1. The van der Waals surface area contributed by atoms with Gasteiger partial charge >= 0.3 is 0 Å². The summed E-state index contributed by atoms with van der Waals surface area (Å²) in [5.74, 6) is 0.719. The fourth-order valence-corrected chi connectivity index (χ4v) is 3.15. The second-order valence-corrected chi connectivity index (χ2v) is 6.82. The standard InChI is InChI=1S/C22H20N4O2/c1-14-6-4-7-18(13-14)26-21(19-8-5-9-28-19)24-20(25-26)22(27)23-17-11-15(2)10-16(3)12-17/h4-13H,1-3H3,(H,23,27). The van der Waals surface area contributed by atoms with Gasteiger partial charge in [-0.2, -0.15) is 4.98 Å². The third kappa shape index (κ3) is 3.57. The van der Waals surface area contributed by atoms with Crippen LogP contribution < -0.4 is 5.32 Å². The van der Waals surface area contributed by atoms with E-state index in [1.165, 1.54) is 0 Å². The second-order valence-electron chi connectivity index (χ2n) is 6.82. The molecule has 1 N–H and O–H groups in total. The number of rotatable bonds is 4. The Morgan fingerprint density at radius 1 is 0.964 bits per heavy atom. The molecule has 0 aliphatic heterocycles. The Balaban J connectivity index is 1.73. The van der Waals surface area contributed by atoms with E-state index in [0.717, 1.165) is 22.4 Å². The predicted molar refractivity (Wildman–Crippen MR) is 108 cm³/mol. The number of aromatic nitrogens is 3. The van der Waals surface area contributed by atoms with E-state index in [-0.39, 0.29) is 11.7 Å². The smallest absolute Gasteiger partial charge is 0.295 e. The van der Waals surface area contributed by atoms with E-state index in [0.29, 0.717) is 17.3 Å². The average molecular weight is 372 g/mol. The molecule has 2 aromatic carbocycles. The molecule has 28 heavy (non-hydrogen) atoms. The summed E-state index contributed by atoms with van der Waals surface area (Å²) in [4.78, 5) is 17.2. The van der Waals surface area contributed by atoms with Crippen molar-refractivity contribution in [3.63, 3.8) is 0 Å². The average Bonchev–Trinajstić information content (AvgIpc) is 3.30. The Morgan fingerprint density at radius 2 is 1.75 bits per heavy atom. The number of amides is 1. The fraction of sp³-hybridized carbons (Fsp3) is 0.136. The first-order valence-corrected chi connectivity index (χ1v) is 8.97. The van der Waals surface area contributed by atoms with Gasteiger partial charge in [-0.3, -0.25) is 4.79 Å². The summed E-state index contributed by atoms with van der Waals surface area (Å²) in [6.45, 7) is 5.98. The predicted octanol–water partition coefficient (Wildman–Crippen LogP) is 4.70. The molecule has 0 radical (unpaired) electrons. The minimum Gasteiger partial charge on any atom is -0.461 e. The molecule has 1 amide bonds. The highest BCUT2D eigenvalue weighted by molar-refractivity contribution is 6.01. The van der Waals surface area contributed by atoms with Gasteiger partial charge in [-0.25, -0.2) is 4.68 Å². The van der Waals surface area contributed by atoms with E-state index in [2.05, 4.69) is 21.5 Å². The van der Waals surface area contributed by atoms with E-state index in [1.807, 2.05) is 57.2 Å². The van der Waals surface area contributed by atoms with Crippen molar-refractivity contribution in [1.82, 2.24) is 14.8 Å². The number of nitrogens with one attached hydrogen (secondary N) is 1. The summed E-state index contributed by atoms with van der Waals surface area (Å²) in [6, 6.07) is 17.3. The molecule has 4 rings (SSSR count). The summed E-state index contributed by atoms with van der Waals surface area (Å²) in [7, 11) is 0. The topological polar surface area (TPSA) is 73.0 Å². The first-order chi connectivity index (χ1) is 13.5. The van der Waals surface area contributed by atoms with Crippen molar-refractivity contribution >= 4 is 11.6 Å². The van der Waals surface area contributed by atoms with Crippen LogP contribution in [0.2, 0.25) is 0 Å². The van der Waals surface area contributed by atoms with Crippen molar-refractivity contribution in [3.05, 3.63) is 83.4 Å². The first-order valence-electron chi connectivity index (χ1n) is 8.97. The highest BCUT2D eigenvalue weighted by Gasteiger charge is 2.20. The molecule has 4 aromatic rings. The van der Waals surface area contributed by atoms with Crippen LogP contribution in [0.4, 0.5) is 5.69 Å². The van der Waals surface area contributed by atoms with Crippen LogP contribution in [0.1, 0.15) is 27.3 Å². The van der Waals surface area contributed by atoms with Crippen molar-refractivity contribution in [2.75, 3.05) is 5.32 Å². The molecule has 0 saturated carbocycles. The molecule has 0 aliphatic carbocycles. The number of aryl methyl sites for hydroxylation is 3. The van der Waals surface area contributed by atoms with E-state index in [1.54, 1.807) is 23.1 Å². The molecule has 0 aliphatic rings. The Hall–Kier alpha value is -3.67. The lowest BCUT2D eigenvalue weighted by Gasteiger charge is -2.06. The Kier molecular flexibility index (Phi) is 4.53. The molecule has 2 heterocycles. The fourth-order valence-electron chi connectivity index (χ4n) is 3.15. The van der Waals surface area contributed by atoms with E-state index >= 15 is 0 Å². The maximum atomic E-state index is 12.8. The number of carbonyl (C=O) groups is 1. The lowest BCUT2D eigenvalue weighted by Crippen LogP contribution is -2.14. The first kappa shape index (κ1) is 17.7. The largest absolute Gasteiger partial charge is 0.461 e. The molecule has 6 heteroatoms. The van der Waals surface area contributed by atoms with Crippen LogP contribution in [0.3, 0.4) is 0 Å². The minimum absolute atomic E-state index is 0.0760. The van der Waals surface area contributed by atoms with Crippen LogP contribution in [0.25, 0.3) is 17.3 Å². The van der Waals surface area contributed by atoms with Gasteiger partial charge < -0.3 is 9.73 Å². The van der Waals surface area contributed by atoms with Crippen molar-refractivity contribution in [1.29, 1.82) is 0 Å². The van der Waals surface area contributed by atoms with Gasteiger partial charge in [0.15, 0.2) is 11.6 Å². The summed E-state index contributed by atoms with van der Waals surface area (Å²) < 4.78 is 7.13. The maximum Gasteiger partial charge on any atom is 0.295 e. The molecule has 2 aromatic heterocycles. The molecule has 0 bridgehead atoms. The Morgan fingerprint density at radius 3 is 2.43 bits per heavy atom. The highest BCUT2D eigenvalue weighted by atomic mass is 16.3. The van der Waals surface area contributed by atoms with E-state index in [9.17, 15) is 4.79 Å². The van der Waals surface area contributed by atoms with Gasteiger partial charge in [-0.1, -0.05) is 18.2 Å². The monoisotopic (exact) mass is 372 g/mol. The normalized spacial score (nSPS) is 10.8. The maximum absolute atomic E-state index is 12.8. The summed E-state index contributed by atoms with van der Waals surface area (Å²) in [6.07, 6.45) is 1.57. The van der Waals surface area contributed by atoms with Crippen LogP contribution in [0, 0.1) is 20.8 Å². The zero-order valence-electron chi connectivity index (χ0n) is 15.9. The van der Waals surface area contributed by atoms with E-state index < -0.39 is 0 Å². The van der Waals surface area contributed by atoms with Crippen molar-refractivity contribution in [2.24, 2.45) is 0 Å². The van der Waals surface area contributed by atoms with Crippen LogP contribution in [0.5, 0.6) is 0 Å². The molecular weight excluding hydrogens is 352 g/mol. The molecule has 0 spiro atoms. The summed E-state index contributed by atoms with van der Waals surface area (Å²) >= 11 is 0. The van der Waals surface area contributed by atoms with Crippen LogP contribution in [-0.2, 0) is 0 Å². The van der Waals surface area contributed by atoms with Gasteiger partial charge in [0.2, 0.25) is 5.82 Å². The van der Waals surface area contributed by atoms with Crippen LogP contribution in [-0.4, -0.2) is 20.7 Å². The molecule has 0 atom stereocenters. The molecular formula is C22H20N4O2. The van der Waals surface area contributed by atoms with Gasteiger partial charge in [-0.05, 0) is 73.9 Å². The number of anilines is 1. The lowest BCUT2D eigenvalue weighted by atomic mass is 10.1. The van der Waals surface area contributed by atoms with Gasteiger partial charge in [0, 0.05) is 5.69 Å². The Labute approximate surface area is 162 Å².